The maximum Gasteiger partial charge on any atom is 0.236 e. The Morgan fingerprint density at radius 1 is 1.00 bits per heavy atom. The summed E-state index contributed by atoms with van der Waals surface area (Å²) in [5.74, 6) is -0.0460. The zero-order valence-corrected chi connectivity index (χ0v) is 13.1. The van der Waals surface area contributed by atoms with Gasteiger partial charge in [-0.25, -0.2) is 12.4 Å². The minimum absolute atomic E-state index is 0.0460. The van der Waals surface area contributed by atoms with E-state index < -0.39 is 10.0 Å². The standard InChI is InChI=1S/C17H15NO3S/c1-12(19)14-8-9-16-15(10-14)11-17(18(16)22(2,20)21)13-6-4-3-5-7-13/h3-11H,1-2H3. The Kier molecular flexibility index (Phi) is 3.37. The molecule has 0 bridgehead atoms. The number of ketones is 1. The molecule has 0 amide bonds. The molecule has 22 heavy (non-hydrogen) atoms. The summed E-state index contributed by atoms with van der Waals surface area (Å²) in [7, 11) is -3.47. The van der Waals surface area contributed by atoms with E-state index in [-0.39, 0.29) is 5.78 Å². The maximum absolute atomic E-state index is 12.2. The van der Waals surface area contributed by atoms with Gasteiger partial charge >= 0.3 is 0 Å². The van der Waals surface area contributed by atoms with E-state index in [2.05, 4.69) is 0 Å². The van der Waals surface area contributed by atoms with Crippen LogP contribution in [0.2, 0.25) is 0 Å². The first-order valence-corrected chi connectivity index (χ1v) is 8.65. The van der Waals surface area contributed by atoms with Gasteiger partial charge in [0.05, 0.1) is 17.5 Å². The molecule has 1 heterocycles. The number of aromatic nitrogens is 1. The highest BCUT2D eigenvalue weighted by atomic mass is 32.2. The SMILES string of the molecule is CC(=O)c1ccc2c(c1)cc(-c1ccccc1)n2S(C)(=O)=O. The van der Waals surface area contributed by atoms with Crippen LogP contribution in [0.3, 0.4) is 0 Å². The third kappa shape index (κ3) is 2.44. The van der Waals surface area contributed by atoms with Gasteiger partial charge in [-0.3, -0.25) is 4.79 Å². The van der Waals surface area contributed by atoms with Crippen LogP contribution in [-0.2, 0) is 10.0 Å². The van der Waals surface area contributed by atoms with Gasteiger partial charge in [-0.1, -0.05) is 30.3 Å². The molecule has 0 aliphatic heterocycles. The number of benzene rings is 2. The molecule has 0 saturated heterocycles. The number of hydrogen-bond donors (Lipinski definition) is 0. The van der Waals surface area contributed by atoms with Gasteiger partial charge in [-0.05, 0) is 36.8 Å². The van der Waals surface area contributed by atoms with Crippen molar-refractivity contribution >= 4 is 26.7 Å². The topological polar surface area (TPSA) is 56.1 Å². The number of carbonyl (C=O) groups is 1. The highest BCUT2D eigenvalue weighted by Gasteiger charge is 2.18. The molecule has 0 unspecified atom stereocenters. The van der Waals surface area contributed by atoms with Crippen molar-refractivity contribution in [2.75, 3.05) is 6.26 Å². The van der Waals surface area contributed by atoms with E-state index >= 15 is 0 Å². The van der Waals surface area contributed by atoms with Crippen LogP contribution in [0.15, 0.2) is 54.6 Å². The fourth-order valence-electron chi connectivity index (χ4n) is 2.58. The Hall–Kier alpha value is -2.40. The van der Waals surface area contributed by atoms with Crippen LogP contribution in [0.5, 0.6) is 0 Å². The summed E-state index contributed by atoms with van der Waals surface area (Å²) in [4.78, 5) is 11.5. The molecule has 0 aliphatic rings. The van der Waals surface area contributed by atoms with Crippen molar-refractivity contribution in [1.29, 1.82) is 0 Å². The van der Waals surface area contributed by atoms with Gasteiger partial charge in [0.1, 0.15) is 0 Å². The summed E-state index contributed by atoms with van der Waals surface area (Å²) in [6, 6.07) is 16.2. The van der Waals surface area contributed by atoms with Crippen molar-refractivity contribution in [3.8, 4) is 11.3 Å². The van der Waals surface area contributed by atoms with Crippen LogP contribution in [0.1, 0.15) is 17.3 Å². The predicted molar refractivity (Wildman–Crippen MR) is 87.6 cm³/mol. The Labute approximate surface area is 129 Å². The lowest BCUT2D eigenvalue weighted by atomic mass is 10.1. The van der Waals surface area contributed by atoms with Crippen LogP contribution in [0, 0.1) is 0 Å². The summed E-state index contributed by atoms with van der Waals surface area (Å²) in [6.45, 7) is 1.49. The lowest BCUT2D eigenvalue weighted by Crippen LogP contribution is -2.11. The normalized spacial score (nSPS) is 11.7. The van der Waals surface area contributed by atoms with Gasteiger partial charge in [0, 0.05) is 10.9 Å². The number of fused-ring (bicyclic) bond motifs is 1. The number of Topliss-reactive ketones (excluding diaryl/α,β-unsaturated/α-hetero) is 1. The Morgan fingerprint density at radius 2 is 1.68 bits per heavy atom. The van der Waals surface area contributed by atoms with E-state index in [0.29, 0.717) is 16.8 Å². The average Bonchev–Trinajstić information content (AvgIpc) is 2.86. The van der Waals surface area contributed by atoms with E-state index in [4.69, 9.17) is 0 Å². The quantitative estimate of drug-likeness (QED) is 0.697. The van der Waals surface area contributed by atoms with Crippen LogP contribution in [0.4, 0.5) is 0 Å². The number of hydrogen-bond acceptors (Lipinski definition) is 3. The molecule has 3 aromatic rings. The molecule has 0 saturated carbocycles. The number of carbonyl (C=O) groups excluding carboxylic acids is 1. The van der Waals surface area contributed by atoms with Crippen LogP contribution in [0.25, 0.3) is 22.2 Å². The molecule has 4 nitrogen and oxygen atoms in total. The largest absolute Gasteiger partial charge is 0.295 e. The van der Waals surface area contributed by atoms with Crippen LogP contribution < -0.4 is 0 Å². The second kappa shape index (κ2) is 5.10. The third-order valence-electron chi connectivity index (χ3n) is 3.57. The van der Waals surface area contributed by atoms with Gasteiger partial charge in [0.2, 0.25) is 10.0 Å². The zero-order valence-electron chi connectivity index (χ0n) is 12.3. The van der Waals surface area contributed by atoms with Gasteiger partial charge < -0.3 is 0 Å². The highest BCUT2D eigenvalue weighted by molar-refractivity contribution is 7.89. The molecule has 0 aliphatic carbocycles. The average molecular weight is 313 g/mol. The van der Waals surface area contributed by atoms with Crippen molar-refractivity contribution < 1.29 is 13.2 Å². The van der Waals surface area contributed by atoms with E-state index in [0.717, 1.165) is 10.9 Å². The maximum atomic E-state index is 12.2. The monoisotopic (exact) mass is 313 g/mol. The molecular formula is C17H15NO3S. The van der Waals surface area contributed by atoms with Crippen LogP contribution >= 0.6 is 0 Å². The highest BCUT2D eigenvalue weighted by Crippen LogP contribution is 2.30. The Morgan fingerprint density at radius 3 is 2.27 bits per heavy atom. The number of nitrogens with zero attached hydrogens (tertiary/aromatic N) is 1. The van der Waals surface area contributed by atoms with E-state index in [1.165, 1.54) is 17.2 Å². The second-order valence-corrected chi connectivity index (χ2v) is 7.08. The van der Waals surface area contributed by atoms with Crippen molar-refractivity contribution in [2.24, 2.45) is 0 Å². The molecule has 5 heteroatoms. The first-order valence-electron chi connectivity index (χ1n) is 6.80. The molecule has 0 N–H and O–H groups in total. The summed E-state index contributed by atoms with van der Waals surface area (Å²) >= 11 is 0. The van der Waals surface area contributed by atoms with Crippen LogP contribution in [-0.4, -0.2) is 24.4 Å². The molecule has 3 rings (SSSR count). The molecular weight excluding hydrogens is 298 g/mol. The van der Waals surface area contributed by atoms with E-state index in [1.807, 2.05) is 30.3 Å². The molecule has 0 fully saturated rings. The van der Waals surface area contributed by atoms with E-state index in [1.54, 1.807) is 24.3 Å². The van der Waals surface area contributed by atoms with Gasteiger partial charge in [0.15, 0.2) is 5.78 Å². The van der Waals surface area contributed by atoms with Gasteiger partial charge in [0.25, 0.3) is 0 Å². The molecule has 0 atom stereocenters. The molecule has 2 aromatic carbocycles. The molecule has 112 valence electrons. The Bertz CT molecular complexity index is 970. The second-order valence-electron chi connectivity index (χ2n) is 5.25. The smallest absolute Gasteiger partial charge is 0.236 e. The van der Waals surface area contributed by atoms with Gasteiger partial charge in [-0.2, -0.15) is 0 Å². The first-order chi connectivity index (χ1) is 10.4. The lowest BCUT2D eigenvalue weighted by molar-refractivity contribution is 0.101. The van der Waals surface area contributed by atoms with Gasteiger partial charge in [-0.15, -0.1) is 0 Å². The molecule has 0 spiro atoms. The Balaban J connectivity index is 2.39. The summed E-state index contributed by atoms with van der Waals surface area (Å²) < 4.78 is 25.8. The summed E-state index contributed by atoms with van der Waals surface area (Å²) in [5, 5.41) is 0.733. The lowest BCUT2D eigenvalue weighted by Gasteiger charge is -2.08. The predicted octanol–water partition coefficient (Wildman–Crippen LogP) is 3.32. The third-order valence-corrected chi connectivity index (χ3v) is 4.62. The van der Waals surface area contributed by atoms with Crippen molar-refractivity contribution in [2.45, 2.75) is 6.92 Å². The summed E-state index contributed by atoms with van der Waals surface area (Å²) in [5.41, 5.74) is 2.55. The van der Waals surface area contributed by atoms with Crippen molar-refractivity contribution in [1.82, 2.24) is 3.97 Å². The minimum atomic E-state index is -3.47. The fourth-order valence-corrected chi connectivity index (χ4v) is 3.62. The number of rotatable bonds is 3. The molecule has 1 aromatic heterocycles. The fraction of sp³-hybridized carbons (Fsp3) is 0.118. The minimum Gasteiger partial charge on any atom is -0.295 e. The first kappa shape index (κ1) is 14.5. The zero-order chi connectivity index (χ0) is 15.9. The molecule has 0 radical (unpaired) electrons. The van der Waals surface area contributed by atoms with Crippen molar-refractivity contribution in [3.05, 3.63) is 60.2 Å². The van der Waals surface area contributed by atoms with E-state index in [9.17, 15) is 13.2 Å². The summed E-state index contributed by atoms with van der Waals surface area (Å²) in [6.07, 6.45) is 1.18. The van der Waals surface area contributed by atoms with Crippen molar-refractivity contribution in [3.63, 3.8) is 0 Å².